The molecule has 0 saturated carbocycles. The highest BCUT2D eigenvalue weighted by atomic mass is 32.2. The normalized spacial score (nSPS) is 12.7. The zero-order valence-electron chi connectivity index (χ0n) is 8.92. The summed E-state index contributed by atoms with van der Waals surface area (Å²) in [5.74, 6) is 1.26. The van der Waals surface area contributed by atoms with Crippen molar-refractivity contribution in [3.8, 4) is 5.69 Å². The average Bonchev–Trinajstić information content (AvgIpc) is 2.09. The number of hydrogen-bond donors (Lipinski definition) is 0. The molecule has 0 aromatic heterocycles. The molecule has 0 fully saturated rings. The topological polar surface area (TPSA) is 17.1 Å². The monoisotopic (exact) mass is 202 g/mol. The molecule has 0 aromatic carbocycles. The lowest BCUT2D eigenvalue weighted by molar-refractivity contribution is 0.481. The second-order valence-corrected chi connectivity index (χ2v) is 4.77. The highest BCUT2D eigenvalue weighted by molar-refractivity contribution is 7.73. The van der Waals surface area contributed by atoms with Crippen molar-refractivity contribution in [3.05, 3.63) is 0 Å². The van der Waals surface area contributed by atoms with E-state index in [-0.39, 0.29) is 0 Å². The first-order valence-electron chi connectivity index (χ1n) is 5.33. The van der Waals surface area contributed by atoms with Crippen LogP contribution in [0.1, 0.15) is 52.4 Å². The highest BCUT2D eigenvalue weighted by Crippen LogP contribution is 2.14. The van der Waals surface area contributed by atoms with Crippen LogP contribution in [-0.4, -0.2) is 9.96 Å². The minimum absolute atomic E-state index is 0.572. The molecule has 0 heterocycles. The van der Waals surface area contributed by atoms with Crippen molar-refractivity contribution in [2.45, 2.75) is 52.4 Å². The van der Waals surface area contributed by atoms with Gasteiger partial charge in [0.15, 0.2) is 0 Å². The Morgan fingerprint density at radius 2 is 1.92 bits per heavy atom. The van der Waals surface area contributed by atoms with E-state index in [4.69, 9.17) is 5.69 Å². The van der Waals surface area contributed by atoms with Gasteiger partial charge in [-0.15, -0.1) is 0 Å². The first-order valence-corrected chi connectivity index (χ1v) is 6.71. The van der Waals surface area contributed by atoms with Gasteiger partial charge in [0, 0.05) is 16.0 Å². The van der Waals surface area contributed by atoms with Gasteiger partial charge < -0.3 is 0 Å². The van der Waals surface area contributed by atoms with Crippen molar-refractivity contribution in [2.75, 3.05) is 5.75 Å². The van der Waals surface area contributed by atoms with Crippen molar-refractivity contribution in [2.24, 2.45) is 5.92 Å². The molecule has 78 valence electrons. The number of rotatable bonds is 7. The number of hydrogen-bond acceptors (Lipinski definition) is 1. The van der Waals surface area contributed by atoms with Crippen LogP contribution in [0, 0.1) is 11.6 Å². The average molecular weight is 202 g/mol. The molecule has 1 unspecified atom stereocenters. The van der Waals surface area contributed by atoms with Gasteiger partial charge in [0.2, 0.25) is 0 Å². The minimum Gasteiger partial charge on any atom is -0.222 e. The molecule has 1 atom stereocenters. The van der Waals surface area contributed by atoms with Crippen molar-refractivity contribution in [1.82, 2.24) is 0 Å². The second-order valence-electron chi connectivity index (χ2n) is 3.67. The van der Waals surface area contributed by atoms with Crippen molar-refractivity contribution in [3.63, 3.8) is 0 Å². The van der Waals surface area contributed by atoms with Crippen LogP contribution < -0.4 is 0 Å². The summed E-state index contributed by atoms with van der Waals surface area (Å²) in [5, 5.41) is 0. The summed E-state index contributed by atoms with van der Waals surface area (Å²) in [6.07, 6.45) is 7.48. The molecule has 13 heavy (non-hydrogen) atoms. The second kappa shape index (κ2) is 8.40. The lowest BCUT2D eigenvalue weighted by Gasteiger charge is -2.10. The predicted molar refractivity (Wildman–Crippen MR) is 60.5 cm³/mol. The number of unbranched alkanes of at least 4 members (excludes halogenated alkanes) is 3. The van der Waals surface area contributed by atoms with Crippen LogP contribution in [0.2, 0.25) is 0 Å². The summed E-state index contributed by atoms with van der Waals surface area (Å²) in [7, 11) is -1.10. The quantitative estimate of drug-likeness (QED) is 0.579. The largest absolute Gasteiger partial charge is 0.222 e. The molecule has 0 bridgehead atoms. The molecule has 0 N–H and O–H groups in total. The van der Waals surface area contributed by atoms with Gasteiger partial charge in [0.1, 0.15) is 0 Å². The Kier molecular flexibility index (Phi) is 8.27. The van der Waals surface area contributed by atoms with Crippen LogP contribution in [0.15, 0.2) is 0 Å². The van der Waals surface area contributed by atoms with Gasteiger partial charge in [-0.05, 0) is 12.3 Å². The Bertz CT molecular complexity index is 215. The molecular formula is C11H22OS. The van der Waals surface area contributed by atoms with Crippen LogP contribution in [0.4, 0.5) is 0 Å². The maximum absolute atomic E-state index is 10.8. The third kappa shape index (κ3) is 8.14. The van der Waals surface area contributed by atoms with Gasteiger partial charge in [0.05, 0.1) is 0 Å². The lowest BCUT2D eigenvalue weighted by atomic mass is 10.0. The van der Waals surface area contributed by atoms with E-state index in [2.05, 4.69) is 13.8 Å². The van der Waals surface area contributed by atoms with Crippen molar-refractivity contribution >= 4 is 10.2 Å². The van der Waals surface area contributed by atoms with Crippen molar-refractivity contribution in [1.29, 1.82) is 0 Å². The van der Waals surface area contributed by atoms with Crippen LogP contribution >= 0.6 is 0 Å². The van der Waals surface area contributed by atoms with E-state index in [1.54, 1.807) is 0 Å². The molecule has 0 saturated heterocycles. The van der Waals surface area contributed by atoms with E-state index < -0.39 is 10.2 Å². The van der Waals surface area contributed by atoms with Crippen LogP contribution in [0.5, 0.6) is 0 Å². The predicted octanol–water partition coefficient (Wildman–Crippen LogP) is 3.32. The summed E-state index contributed by atoms with van der Waals surface area (Å²) < 4.78 is 10.8. The Balaban J connectivity index is 3.49. The van der Waals surface area contributed by atoms with Gasteiger partial charge in [-0.25, -0.2) is 4.21 Å². The molecule has 0 rings (SSSR count). The minimum atomic E-state index is -1.10. The molecular weight excluding hydrogens is 180 g/mol. The van der Waals surface area contributed by atoms with Gasteiger partial charge in [0.25, 0.3) is 0 Å². The van der Waals surface area contributed by atoms with E-state index in [1.165, 1.54) is 32.1 Å². The third-order valence-corrected chi connectivity index (χ3v) is 3.24. The van der Waals surface area contributed by atoms with Crippen LogP contribution in [0.25, 0.3) is 0 Å². The van der Waals surface area contributed by atoms with Gasteiger partial charge in [-0.3, -0.25) is 0 Å². The molecule has 0 radical (unpaired) electrons. The summed E-state index contributed by atoms with van der Waals surface area (Å²) >= 11 is 0. The third-order valence-electron chi connectivity index (χ3n) is 2.44. The first-order chi connectivity index (χ1) is 6.20. The van der Waals surface area contributed by atoms with E-state index in [9.17, 15) is 4.21 Å². The fourth-order valence-corrected chi connectivity index (χ4v) is 2.36. The molecule has 2 heteroatoms. The smallest absolute Gasteiger partial charge is 0.0471 e. The van der Waals surface area contributed by atoms with Gasteiger partial charge >= 0.3 is 0 Å². The van der Waals surface area contributed by atoms with E-state index in [0.717, 1.165) is 6.42 Å². The highest BCUT2D eigenvalue weighted by Gasteiger charge is 2.05. The Morgan fingerprint density at radius 3 is 2.38 bits per heavy atom. The molecule has 1 nitrogen and oxygen atoms in total. The van der Waals surface area contributed by atoms with E-state index in [0.29, 0.717) is 11.7 Å². The summed E-state index contributed by atoms with van der Waals surface area (Å²) in [6.45, 7) is 4.36. The Morgan fingerprint density at radius 1 is 1.23 bits per heavy atom. The first kappa shape index (κ1) is 12.8. The fraction of sp³-hybridized carbons (Fsp3) is 0.909. The Labute approximate surface area is 84.6 Å². The maximum Gasteiger partial charge on any atom is 0.0471 e. The molecule has 0 aromatic rings. The van der Waals surface area contributed by atoms with Gasteiger partial charge in [-0.2, -0.15) is 0 Å². The molecule has 0 aliphatic heterocycles. The summed E-state index contributed by atoms with van der Waals surface area (Å²) in [5.41, 5.74) is 5.27. The van der Waals surface area contributed by atoms with Gasteiger partial charge in [-0.1, -0.05) is 51.6 Å². The lowest BCUT2D eigenvalue weighted by Crippen LogP contribution is -2.05. The zero-order valence-corrected chi connectivity index (χ0v) is 9.74. The summed E-state index contributed by atoms with van der Waals surface area (Å²) in [4.78, 5) is 0. The Hall–Kier alpha value is -0.200. The molecule has 0 aliphatic carbocycles. The van der Waals surface area contributed by atoms with Crippen LogP contribution in [0.3, 0.4) is 0 Å². The van der Waals surface area contributed by atoms with E-state index in [1.807, 2.05) is 0 Å². The molecule has 0 spiro atoms. The van der Waals surface area contributed by atoms with Crippen molar-refractivity contribution < 1.29 is 4.21 Å². The maximum atomic E-state index is 10.8. The molecule has 0 aliphatic rings. The van der Waals surface area contributed by atoms with E-state index >= 15 is 0 Å². The summed E-state index contributed by atoms with van der Waals surface area (Å²) in [6, 6.07) is 0. The zero-order chi connectivity index (χ0) is 10.1. The fourth-order valence-electron chi connectivity index (χ4n) is 1.50. The SMILES string of the molecule is C#S(=O)CC(CC)CCCCCC. The standard InChI is InChI=1S/C11H22OS/c1-4-6-7-8-9-11(5-2)10-13(3)12/h3,11H,4-10H2,1-2H3. The molecule has 0 amide bonds. The van der Waals surface area contributed by atoms with Crippen LogP contribution in [-0.2, 0) is 10.2 Å².